The number of rotatable bonds is 2. The topological polar surface area (TPSA) is 49.3 Å². The Morgan fingerprint density at radius 3 is 2.33 bits per heavy atom. The smallest absolute Gasteiger partial charge is 0.230 e. The van der Waals surface area contributed by atoms with E-state index in [2.05, 4.69) is 32.2 Å². The largest absolute Gasteiger partial charge is 0.390 e. The molecule has 1 aromatic rings. The Labute approximate surface area is 144 Å². The van der Waals surface area contributed by atoms with Crippen LogP contribution in [0, 0.1) is 17.3 Å². The van der Waals surface area contributed by atoms with Gasteiger partial charge in [-0.15, -0.1) is 0 Å². The van der Waals surface area contributed by atoms with E-state index in [1.165, 1.54) is 12.0 Å². The van der Waals surface area contributed by atoms with Crippen molar-refractivity contribution in [2.75, 3.05) is 5.32 Å². The summed E-state index contributed by atoms with van der Waals surface area (Å²) < 4.78 is 0. The van der Waals surface area contributed by atoms with Crippen molar-refractivity contribution in [1.82, 2.24) is 0 Å². The summed E-state index contributed by atoms with van der Waals surface area (Å²) in [5, 5.41) is 14.1. The molecule has 4 aliphatic rings. The molecule has 2 N–H and O–H groups in total. The summed E-state index contributed by atoms with van der Waals surface area (Å²) >= 11 is 0. The van der Waals surface area contributed by atoms with E-state index in [-0.39, 0.29) is 16.7 Å². The molecule has 2 atom stereocenters. The Kier molecular flexibility index (Phi) is 3.41. The Morgan fingerprint density at radius 1 is 1.12 bits per heavy atom. The van der Waals surface area contributed by atoms with Crippen LogP contribution in [0.3, 0.4) is 0 Å². The number of carbonyl (C=O) groups is 1. The van der Waals surface area contributed by atoms with Crippen molar-refractivity contribution in [3.05, 3.63) is 29.8 Å². The van der Waals surface area contributed by atoms with Gasteiger partial charge in [0, 0.05) is 5.69 Å². The second kappa shape index (κ2) is 5.08. The van der Waals surface area contributed by atoms with Gasteiger partial charge in [0.25, 0.3) is 0 Å². The lowest BCUT2D eigenvalue weighted by atomic mass is 9.47. The summed E-state index contributed by atoms with van der Waals surface area (Å²) in [5.41, 5.74) is 1.14. The highest BCUT2D eigenvalue weighted by molar-refractivity contribution is 5.96. The number of para-hydroxylation sites is 1. The van der Waals surface area contributed by atoms with Crippen LogP contribution < -0.4 is 5.32 Å². The number of anilines is 1. The second-order valence-electron chi connectivity index (χ2n) is 9.72. The van der Waals surface area contributed by atoms with Gasteiger partial charge >= 0.3 is 0 Å². The molecule has 4 saturated carbocycles. The van der Waals surface area contributed by atoms with Crippen LogP contribution in [0.1, 0.15) is 64.9 Å². The molecule has 0 radical (unpaired) electrons. The number of aliphatic hydroxyl groups is 1. The molecule has 4 aliphatic carbocycles. The molecule has 130 valence electrons. The predicted molar refractivity (Wildman–Crippen MR) is 95.8 cm³/mol. The first-order valence-corrected chi connectivity index (χ1v) is 9.33. The second-order valence-corrected chi connectivity index (χ2v) is 9.72. The van der Waals surface area contributed by atoms with Crippen LogP contribution in [-0.2, 0) is 10.2 Å². The van der Waals surface area contributed by atoms with Gasteiger partial charge < -0.3 is 10.4 Å². The van der Waals surface area contributed by atoms with Crippen molar-refractivity contribution < 1.29 is 9.90 Å². The first kappa shape index (κ1) is 16.1. The van der Waals surface area contributed by atoms with Gasteiger partial charge in [-0.25, -0.2) is 0 Å². The number of nitrogens with one attached hydrogen (secondary N) is 1. The zero-order chi connectivity index (χ0) is 17.2. The normalized spacial score (nSPS) is 37.5. The molecule has 5 rings (SSSR count). The van der Waals surface area contributed by atoms with Gasteiger partial charge in [-0.1, -0.05) is 39.0 Å². The molecule has 3 heteroatoms. The fourth-order valence-electron chi connectivity index (χ4n) is 5.98. The molecule has 0 aliphatic heterocycles. The van der Waals surface area contributed by atoms with E-state index in [0.29, 0.717) is 18.3 Å². The summed E-state index contributed by atoms with van der Waals surface area (Å²) in [6.45, 7) is 6.52. The van der Waals surface area contributed by atoms with Crippen LogP contribution in [0.15, 0.2) is 24.3 Å². The van der Waals surface area contributed by atoms with Crippen LogP contribution in [0.25, 0.3) is 0 Å². The maximum Gasteiger partial charge on any atom is 0.230 e. The molecule has 0 spiro atoms. The Morgan fingerprint density at radius 2 is 1.75 bits per heavy atom. The van der Waals surface area contributed by atoms with Crippen LogP contribution in [0.2, 0.25) is 0 Å². The van der Waals surface area contributed by atoms with Crippen LogP contribution >= 0.6 is 0 Å². The van der Waals surface area contributed by atoms with E-state index in [9.17, 15) is 9.90 Å². The molecule has 4 bridgehead atoms. The Bertz CT molecular complexity index is 659. The molecule has 0 aromatic heterocycles. The van der Waals surface area contributed by atoms with Crippen molar-refractivity contribution in [1.29, 1.82) is 0 Å². The van der Waals surface area contributed by atoms with E-state index in [4.69, 9.17) is 0 Å². The maximum absolute atomic E-state index is 13.3. The lowest BCUT2D eigenvalue weighted by Gasteiger charge is -2.59. The summed E-state index contributed by atoms with van der Waals surface area (Å²) in [7, 11) is 0. The molecular weight excluding hydrogens is 298 g/mol. The third-order valence-corrected chi connectivity index (χ3v) is 6.50. The van der Waals surface area contributed by atoms with E-state index in [0.717, 1.165) is 31.4 Å². The highest BCUT2D eigenvalue weighted by Crippen LogP contribution is 2.61. The molecule has 3 nitrogen and oxygen atoms in total. The van der Waals surface area contributed by atoms with Crippen molar-refractivity contribution in [3.8, 4) is 0 Å². The minimum Gasteiger partial charge on any atom is -0.390 e. The average Bonchev–Trinajstić information content (AvgIpc) is 2.44. The minimum atomic E-state index is -0.592. The number of amides is 1. The summed E-state index contributed by atoms with van der Waals surface area (Å²) in [4.78, 5) is 13.3. The monoisotopic (exact) mass is 327 g/mol. The lowest BCUT2D eigenvalue weighted by molar-refractivity contribution is -0.174. The molecule has 1 amide bonds. The van der Waals surface area contributed by atoms with Gasteiger partial charge in [0.1, 0.15) is 0 Å². The molecule has 0 unspecified atom stereocenters. The van der Waals surface area contributed by atoms with E-state index >= 15 is 0 Å². The van der Waals surface area contributed by atoms with E-state index in [1.807, 2.05) is 18.2 Å². The van der Waals surface area contributed by atoms with Crippen molar-refractivity contribution in [3.63, 3.8) is 0 Å². The molecule has 4 fully saturated rings. The van der Waals surface area contributed by atoms with Gasteiger partial charge in [0.15, 0.2) is 0 Å². The zero-order valence-electron chi connectivity index (χ0n) is 15.1. The molecule has 1 aromatic carbocycles. The Balaban J connectivity index is 1.62. The fraction of sp³-hybridized carbons (Fsp3) is 0.667. The summed E-state index contributed by atoms with van der Waals surface area (Å²) in [6, 6.07) is 8.12. The van der Waals surface area contributed by atoms with Crippen molar-refractivity contribution in [2.24, 2.45) is 17.3 Å². The number of carbonyl (C=O) groups excluding carboxylic acids is 1. The number of benzene rings is 1. The van der Waals surface area contributed by atoms with E-state index < -0.39 is 5.60 Å². The summed E-state index contributed by atoms with van der Waals surface area (Å²) in [5.74, 6) is 1.19. The maximum atomic E-state index is 13.3. The third kappa shape index (κ3) is 2.57. The first-order chi connectivity index (χ1) is 11.2. The summed E-state index contributed by atoms with van der Waals surface area (Å²) in [6.07, 6.45) is 5.56. The van der Waals surface area contributed by atoms with Crippen molar-refractivity contribution in [2.45, 2.75) is 70.3 Å². The molecule has 0 heterocycles. The third-order valence-electron chi connectivity index (χ3n) is 6.50. The van der Waals surface area contributed by atoms with Gasteiger partial charge in [0.2, 0.25) is 5.91 Å². The van der Waals surface area contributed by atoms with E-state index in [1.54, 1.807) is 0 Å². The highest BCUT2D eigenvalue weighted by atomic mass is 16.3. The number of hydrogen-bond acceptors (Lipinski definition) is 2. The standard InChI is InChI=1S/C21H29NO2/c1-19(2,3)16-6-4-5-7-17(16)22-18(23)20-9-14-8-15(10-20)12-21(24,11-14)13-20/h4-7,14-15,24H,8-13H2,1-3H3,(H,22,23)/t14-,15-,20?,21?/m0/s1. The van der Waals surface area contributed by atoms with Crippen molar-refractivity contribution >= 4 is 11.6 Å². The van der Waals surface area contributed by atoms with Crippen LogP contribution in [-0.4, -0.2) is 16.6 Å². The molecule has 24 heavy (non-hydrogen) atoms. The predicted octanol–water partition coefficient (Wildman–Crippen LogP) is 4.25. The first-order valence-electron chi connectivity index (χ1n) is 9.33. The van der Waals surface area contributed by atoms with Gasteiger partial charge in [-0.05, 0) is 67.4 Å². The fourth-order valence-corrected chi connectivity index (χ4v) is 5.98. The van der Waals surface area contributed by atoms with Crippen LogP contribution in [0.4, 0.5) is 5.69 Å². The SMILES string of the molecule is CC(C)(C)c1ccccc1NC(=O)C12C[C@@H]3C[C@H](CC(O)(C3)C1)C2. The number of hydrogen-bond donors (Lipinski definition) is 2. The molecule has 0 saturated heterocycles. The molecular formula is C21H29NO2. The quantitative estimate of drug-likeness (QED) is 0.853. The zero-order valence-corrected chi connectivity index (χ0v) is 15.1. The minimum absolute atomic E-state index is 0.0104. The average molecular weight is 327 g/mol. The Hall–Kier alpha value is -1.35. The van der Waals surface area contributed by atoms with Gasteiger partial charge in [-0.2, -0.15) is 0 Å². The van der Waals surface area contributed by atoms with Gasteiger partial charge in [-0.3, -0.25) is 4.79 Å². The van der Waals surface area contributed by atoms with Crippen LogP contribution in [0.5, 0.6) is 0 Å². The van der Waals surface area contributed by atoms with Gasteiger partial charge in [0.05, 0.1) is 11.0 Å². The highest BCUT2D eigenvalue weighted by Gasteiger charge is 2.60. The lowest BCUT2D eigenvalue weighted by Crippen LogP contribution is -2.59.